The second-order valence-corrected chi connectivity index (χ2v) is 5.65. The molecule has 0 spiro atoms. The number of hydrogen-bond donors (Lipinski definition) is 2. The number of ether oxygens (including phenoxy) is 1. The third-order valence-electron chi connectivity index (χ3n) is 3.72. The molecule has 1 heterocycles. The van der Waals surface area contributed by atoms with Crippen molar-refractivity contribution in [2.75, 3.05) is 52.5 Å². The molecule has 1 fully saturated rings. The highest BCUT2D eigenvalue weighted by atomic mass is 16.5. The van der Waals surface area contributed by atoms with Crippen LogP contribution in [-0.4, -0.2) is 63.3 Å². The second kappa shape index (κ2) is 11.8. The molecular weight excluding hydrogens is 264 g/mol. The van der Waals surface area contributed by atoms with Gasteiger partial charge in [0.1, 0.15) is 0 Å². The number of hydrogen-bond acceptors (Lipinski definition) is 3. The third-order valence-corrected chi connectivity index (χ3v) is 3.72. The zero-order valence-electron chi connectivity index (χ0n) is 14.2. The van der Waals surface area contributed by atoms with E-state index in [4.69, 9.17) is 9.73 Å². The molecule has 5 nitrogen and oxygen atoms in total. The van der Waals surface area contributed by atoms with Crippen molar-refractivity contribution >= 4 is 5.96 Å². The van der Waals surface area contributed by atoms with Crippen LogP contribution in [0, 0.1) is 5.92 Å². The Kier molecular flexibility index (Phi) is 10.3. The summed E-state index contributed by atoms with van der Waals surface area (Å²) in [5, 5.41) is 6.70. The first-order valence-corrected chi connectivity index (χ1v) is 8.62. The minimum atomic E-state index is 0.718. The Bertz CT molecular complexity index is 283. The molecule has 2 N–H and O–H groups in total. The Labute approximate surface area is 130 Å². The van der Waals surface area contributed by atoms with E-state index in [0.29, 0.717) is 0 Å². The van der Waals surface area contributed by atoms with E-state index in [2.05, 4.69) is 29.4 Å². The quantitative estimate of drug-likeness (QED) is 0.366. The molecule has 0 aliphatic carbocycles. The molecule has 0 amide bonds. The van der Waals surface area contributed by atoms with Crippen LogP contribution in [0.5, 0.6) is 0 Å². The van der Waals surface area contributed by atoms with Gasteiger partial charge in [0.15, 0.2) is 5.96 Å². The highest BCUT2D eigenvalue weighted by molar-refractivity contribution is 5.79. The van der Waals surface area contributed by atoms with Crippen LogP contribution < -0.4 is 10.6 Å². The zero-order chi connectivity index (χ0) is 15.3. The SMILES string of the molecule is CCCN1CCC(CN=C(NCC)NCCCOCC)C1. The Morgan fingerprint density at radius 3 is 2.86 bits per heavy atom. The summed E-state index contributed by atoms with van der Waals surface area (Å²) >= 11 is 0. The van der Waals surface area contributed by atoms with Crippen molar-refractivity contribution in [1.82, 2.24) is 15.5 Å². The van der Waals surface area contributed by atoms with E-state index >= 15 is 0 Å². The van der Waals surface area contributed by atoms with Crippen molar-refractivity contribution in [1.29, 1.82) is 0 Å². The van der Waals surface area contributed by atoms with E-state index in [1.54, 1.807) is 0 Å². The van der Waals surface area contributed by atoms with Gasteiger partial charge in [0.2, 0.25) is 0 Å². The lowest BCUT2D eigenvalue weighted by molar-refractivity contribution is 0.145. The van der Waals surface area contributed by atoms with Gasteiger partial charge in [-0.3, -0.25) is 4.99 Å². The molecule has 0 bridgehead atoms. The van der Waals surface area contributed by atoms with E-state index in [1.165, 1.54) is 32.5 Å². The largest absolute Gasteiger partial charge is 0.382 e. The number of nitrogens with zero attached hydrogens (tertiary/aromatic N) is 2. The van der Waals surface area contributed by atoms with Gasteiger partial charge in [0, 0.05) is 39.4 Å². The lowest BCUT2D eigenvalue weighted by atomic mass is 10.1. The molecular formula is C16H34N4O. The lowest BCUT2D eigenvalue weighted by Gasteiger charge is -2.15. The van der Waals surface area contributed by atoms with Crippen LogP contribution in [0.3, 0.4) is 0 Å². The fourth-order valence-electron chi connectivity index (χ4n) is 2.67. The first-order chi connectivity index (χ1) is 10.3. The first-order valence-electron chi connectivity index (χ1n) is 8.62. The van der Waals surface area contributed by atoms with Gasteiger partial charge in [0.25, 0.3) is 0 Å². The van der Waals surface area contributed by atoms with Crippen molar-refractivity contribution in [3.8, 4) is 0 Å². The molecule has 0 saturated carbocycles. The predicted octanol–water partition coefficient (Wildman–Crippen LogP) is 1.70. The molecule has 124 valence electrons. The Morgan fingerprint density at radius 2 is 2.14 bits per heavy atom. The summed E-state index contributed by atoms with van der Waals surface area (Å²) in [6.07, 6.45) is 3.55. The van der Waals surface area contributed by atoms with Gasteiger partial charge in [-0.15, -0.1) is 0 Å². The van der Waals surface area contributed by atoms with E-state index in [-0.39, 0.29) is 0 Å². The predicted molar refractivity (Wildman–Crippen MR) is 89.9 cm³/mol. The number of likely N-dealkylation sites (tertiary alicyclic amines) is 1. The molecule has 1 aliphatic rings. The maximum absolute atomic E-state index is 5.35. The van der Waals surface area contributed by atoms with Crippen LogP contribution in [0.2, 0.25) is 0 Å². The summed E-state index contributed by atoms with van der Waals surface area (Å²) in [6.45, 7) is 14.4. The number of guanidine groups is 1. The van der Waals surface area contributed by atoms with Gasteiger partial charge in [-0.1, -0.05) is 6.92 Å². The second-order valence-electron chi connectivity index (χ2n) is 5.65. The third kappa shape index (κ3) is 8.27. The van der Waals surface area contributed by atoms with Gasteiger partial charge >= 0.3 is 0 Å². The van der Waals surface area contributed by atoms with Crippen molar-refractivity contribution in [3.63, 3.8) is 0 Å². The van der Waals surface area contributed by atoms with Crippen LogP contribution in [-0.2, 0) is 4.74 Å². The number of rotatable bonds is 10. The van der Waals surface area contributed by atoms with Gasteiger partial charge < -0.3 is 20.3 Å². The van der Waals surface area contributed by atoms with E-state index in [0.717, 1.165) is 51.1 Å². The monoisotopic (exact) mass is 298 g/mol. The highest BCUT2D eigenvalue weighted by Gasteiger charge is 2.21. The van der Waals surface area contributed by atoms with Gasteiger partial charge in [-0.05, 0) is 52.1 Å². The van der Waals surface area contributed by atoms with Crippen molar-refractivity contribution in [2.24, 2.45) is 10.9 Å². The molecule has 0 aromatic heterocycles. The van der Waals surface area contributed by atoms with Crippen molar-refractivity contribution in [2.45, 2.75) is 40.0 Å². The van der Waals surface area contributed by atoms with Crippen LogP contribution in [0.25, 0.3) is 0 Å². The van der Waals surface area contributed by atoms with E-state index in [9.17, 15) is 0 Å². The molecule has 0 aromatic carbocycles. The number of nitrogens with one attached hydrogen (secondary N) is 2. The summed E-state index contributed by atoms with van der Waals surface area (Å²) in [4.78, 5) is 7.29. The summed E-state index contributed by atoms with van der Waals surface area (Å²) < 4.78 is 5.35. The lowest BCUT2D eigenvalue weighted by Crippen LogP contribution is -2.38. The minimum absolute atomic E-state index is 0.718. The fourth-order valence-corrected chi connectivity index (χ4v) is 2.67. The Hall–Kier alpha value is -0.810. The fraction of sp³-hybridized carbons (Fsp3) is 0.938. The first kappa shape index (κ1) is 18.2. The summed E-state index contributed by atoms with van der Waals surface area (Å²) in [7, 11) is 0. The molecule has 5 heteroatoms. The van der Waals surface area contributed by atoms with Gasteiger partial charge in [-0.2, -0.15) is 0 Å². The van der Waals surface area contributed by atoms with Crippen LogP contribution in [0.1, 0.15) is 40.0 Å². The average Bonchev–Trinajstić information content (AvgIpc) is 2.92. The minimum Gasteiger partial charge on any atom is -0.382 e. The molecule has 1 atom stereocenters. The Balaban J connectivity index is 2.24. The molecule has 1 rings (SSSR count). The zero-order valence-corrected chi connectivity index (χ0v) is 14.2. The molecule has 1 unspecified atom stereocenters. The van der Waals surface area contributed by atoms with Crippen LogP contribution >= 0.6 is 0 Å². The summed E-state index contributed by atoms with van der Waals surface area (Å²) in [5.74, 6) is 1.67. The summed E-state index contributed by atoms with van der Waals surface area (Å²) in [6, 6.07) is 0. The average molecular weight is 298 g/mol. The van der Waals surface area contributed by atoms with E-state index < -0.39 is 0 Å². The van der Waals surface area contributed by atoms with Gasteiger partial charge in [0.05, 0.1) is 0 Å². The van der Waals surface area contributed by atoms with Crippen LogP contribution in [0.15, 0.2) is 4.99 Å². The molecule has 0 aromatic rings. The maximum Gasteiger partial charge on any atom is 0.191 e. The normalized spacial score (nSPS) is 20.0. The molecule has 1 aliphatic heterocycles. The number of aliphatic imine (C=N–C) groups is 1. The molecule has 21 heavy (non-hydrogen) atoms. The standard InChI is InChI=1S/C16H34N4O/c1-4-10-20-11-8-15(14-20)13-19-16(17-5-2)18-9-7-12-21-6-3/h15H,4-14H2,1-3H3,(H2,17,18,19). The Morgan fingerprint density at radius 1 is 1.29 bits per heavy atom. The van der Waals surface area contributed by atoms with Gasteiger partial charge in [-0.25, -0.2) is 0 Å². The highest BCUT2D eigenvalue weighted by Crippen LogP contribution is 2.16. The van der Waals surface area contributed by atoms with Crippen molar-refractivity contribution in [3.05, 3.63) is 0 Å². The molecule has 0 radical (unpaired) electrons. The molecule has 1 saturated heterocycles. The maximum atomic E-state index is 5.35. The van der Waals surface area contributed by atoms with E-state index in [1.807, 2.05) is 6.92 Å². The van der Waals surface area contributed by atoms with Crippen molar-refractivity contribution < 1.29 is 4.74 Å². The van der Waals surface area contributed by atoms with Crippen LogP contribution in [0.4, 0.5) is 0 Å². The topological polar surface area (TPSA) is 48.9 Å². The summed E-state index contributed by atoms with van der Waals surface area (Å²) in [5.41, 5.74) is 0. The smallest absolute Gasteiger partial charge is 0.191 e.